The summed E-state index contributed by atoms with van der Waals surface area (Å²) in [6, 6.07) is 5.94. The summed E-state index contributed by atoms with van der Waals surface area (Å²) < 4.78 is 1.98. The van der Waals surface area contributed by atoms with Crippen molar-refractivity contribution in [3.8, 4) is 0 Å². The first-order valence-corrected chi connectivity index (χ1v) is 5.50. The minimum absolute atomic E-state index is 0.808. The Bertz CT molecular complexity index is 456. The highest BCUT2D eigenvalue weighted by molar-refractivity contribution is 7.99. The van der Waals surface area contributed by atoms with Crippen molar-refractivity contribution in [3.63, 3.8) is 0 Å². The predicted molar refractivity (Wildman–Crippen MR) is 62.9 cm³/mol. The van der Waals surface area contributed by atoms with Gasteiger partial charge in [-0.1, -0.05) is 12.1 Å². The van der Waals surface area contributed by atoms with E-state index in [0.29, 0.717) is 0 Å². The van der Waals surface area contributed by atoms with Gasteiger partial charge in [0.15, 0.2) is 5.16 Å². The Kier molecular flexibility index (Phi) is 2.68. The first kappa shape index (κ1) is 10.1. The lowest BCUT2D eigenvalue weighted by atomic mass is 10.2. The number of nitrogen functional groups attached to an aromatic ring is 1. The molecule has 0 saturated heterocycles. The van der Waals surface area contributed by atoms with Crippen molar-refractivity contribution in [3.05, 3.63) is 36.2 Å². The molecule has 0 spiro atoms. The fraction of sp³-hybridized carbons (Fsp3) is 0.182. The number of nitrogens with two attached hydrogens (primary N) is 1. The number of anilines is 1. The second-order valence-electron chi connectivity index (χ2n) is 3.42. The Morgan fingerprint density at radius 3 is 2.80 bits per heavy atom. The van der Waals surface area contributed by atoms with Crippen molar-refractivity contribution in [2.75, 3.05) is 5.73 Å². The van der Waals surface area contributed by atoms with Gasteiger partial charge in [0.25, 0.3) is 0 Å². The Balaban J connectivity index is 2.36. The molecule has 0 bridgehead atoms. The summed E-state index contributed by atoms with van der Waals surface area (Å²) in [5, 5.41) is 0.955. The second kappa shape index (κ2) is 3.98. The molecule has 0 unspecified atom stereocenters. The summed E-state index contributed by atoms with van der Waals surface area (Å²) in [5.41, 5.74) is 7.92. The number of aromatic nitrogens is 2. The second-order valence-corrected chi connectivity index (χ2v) is 4.39. The van der Waals surface area contributed by atoms with Gasteiger partial charge in [0.05, 0.1) is 0 Å². The highest BCUT2D eigenvalue weighted by Crippen LogP contribution is 2.33. The molecule has 0 saturated carbocycles. The van der Waals surface area contributed by atoms with Gasteiger partial charge in [-0.3, -0.25) is 0 Å². The van der Waals surface area contributed by atoms with Crippen LogP contribution in [-0.2, 0) is 7.05 Å². The molecule has 78 valence electrons. The van der Waals surface area contributed by atoms with Crippen LogP contribution >= 0.6 is 11.8 Å². The van der Waals surface area contributed by atoms with Gasteiger partial charge >= 0.3 is 0 Å². The molecular formula is C11H13N3S. The van der Waals surface area contributed by atoms with Crippen molar-refractivity contribution in [1.82, 2.24) is 9.55 Å². The zero-order chi connectivity index (χ0) is 10.8. The van der Waals surface area contributed by atoms with Crippen LogP contribution in [0.5, 0.6) is 0 Å². The van der Waals surface area contributed by atoms with Gasteiger partial charge in [0.1, 0.15) is 0 Å². The third kappa shape index (κ3) is 1.99. The minimum Gasteiger partial charge on any atom is -0.398 e. The number of aryl methyl sites for hydroxylation is 2. The molecule has 4 heteroatoms. The normalized spacial score (nSPS) is 10.5. The average Bonchev–Trinajstić information content (AvgIpc) is 2.58. The molecule has 15 heavy (non-hydrogen) atoms. The van der Waals surface area contributed by atoms with Gasteiger partial charge in [-0.05, 0) is 30.3 Å². The molecule has 0 atom stereocenters. The lowest BCUT2D eigenvalue weighted by Crippen LogP contribution is -1.94. The predicted octanol–water partition coefficient (Wildman–Crippen LogP) is 2.46. The number of hydrogen-bond donors (Lipinski definition) is 1. The van der Waals surface area contributed by atoms with E-state index < -0.39 is 0 Å². The van der Waals surface area contributed by atoms with Crippen LogP contribution in [0.2, 0.25) is 0 Å². The van der Waals surface area contributed by atoms with E-state index in [9.17, 15) is 0 Å². The molecule has 1 aromatic heterocycles. The van der Waals surface area contributed by atoms with E-state index in [1.807, 2.05) is 29.9 Å². The summed E-state index contributed by atoms with van der Waals surface area (Å²) in [6.07, 6.45) is 3.72. The smallest absolute Gasteiger partial charge is 0.172 e. The molecule has 1 aromatic carbocycles. The molecule has 2 rings (SSSR count). The van der Waals surface area contributed by atoms with Crippen molar-refractivity contribution in [1.29, 1.82) is 0 Å². The van der Waals surface area contributed by atoms with Gasteiger partial charge in [0, 0.05) is 30.0 Å². The summed E-state index contributed by atoms with van der Waals surface area (Å²) in [7, 11) is 1.98. The summed E-state index contributed by atoms with van der Waals surface area (Å²) in [6.45, 7) is 2.06. The maximum Gasteiger partial charge on any atom is 0.172 e. The molecule has 0 aliphatic carbocycles. The topological polar surface area (TPSA) is 43.8 Å². The number of nitrogens with zero attached hydrogens (tertiary/aromatic N) is 2. The SMILES string of the molecule is Cc1cccc(N)c1Sc1nccn1C. The van der Waals surface area contributed by atoms with Crippen LogP contribution in [-0.4, -0.2) is 9.55 Å². The molecule has 2 aromatic rings. The summed E-state index contributed by atoms with van der Waals surface area (Å²) >= 11 is 1.60. The van der Waals surface area contributed by atoms with Crippen LogP contribution < -0.4 is 5.73 Å². The lowest BCUT2D eigenvalue weighted by Gasteiger charge is -2.07. The highest BCUT2D eigenvalue weighted by Gasteiger charge is 2.07. The van der Waals surface area contributed by atoms with Crippen LogP contribution in [0.3, 0.4) is 0 Å². The minimum atomic E-state index is 0.808. The van der Waals surface area contributed by atoms with Crippen molar-refractivity contribution in [2.45, 2.75) is 17.0 Å². The molecule has 3 nitrogen and oxygen atoms in total. The van der Waals surface area contributed by atoms with Crippen LogP contribution in [0.1, 0.15) is 5.56 Å². The molecule has 0 aliphatic rings. The maximum atomic E-state index is 5.93. The molecule has 0 fully saturated rings. The third-order valence-electron chi connectivity index (χ3n) is 2.21. The third-order valence-corrected chi connectivity index (χ3v) is 3.55. The number of imidazole rings is 1. The van der Waals surface area contributed by atoms with Gasteiger partial charge in [-0.2, -0.15) is 0 Å². The van der Waals surface area contributed by atoms with Crippen LogP contribution in [0.4, 0.5) is 5.69 Å². The Morgan fingerprint density at radius 2 is 2.20 bits per heavy atom. The number of rotatable bonds is 2. The van der Waals surface area contributed by atoms with Gasteiger partial charge in [-0.15, -0.1) is 0 Å². The van der Waals surface area contributed by atoms with Crippen LogP contribution in [0, 0.1) is 6.92 Å². The molecule has 0 aliphatic heterocycles. The standard InChI is InChI=1S/C11H13N3S/c1-8-4-3-5-9(12)10(8)15-11-13-6-7-14(11)2/h3-7H,12H2,1-2H3. The van der Waals surface area contributed by atoms with Crippen molar-refractivity contribution >= 4 is 17.4 Å². The zero-order valence-corrected chi connectivity index (χ0v) is 9.58. The summed E-state index contributed by atoms with van der Waals surface area (Å²) in [5.74, 6) is 0. The number of benzene rings is 1. The van der Waals surface area contributed by atoms with Gasteiger partial charge < -0.3 is 10.3 Å². The fourth-order valence-electron chi connectivity index (χ4n) is 1.36. The van der Waals surface area contributed by atoms with E-state index in [-0.39, 0.29) is 0 Å². The largest absolute Gasteiger partial charge is 0.398 e. The Labute approximate surface area is 93.3 Å². The van der Waals surface area contributed by atoms with E-state index in [2.05, 4.69) is 18.0 Å². The van der Waals surface area contributed by atoms with E-state index in [1.165, 1.54) is 5.56 Å². The first-order chi connectivity index (χ1) is 7.18. The van der Waals surface area contributed by atoms with Crippen LogP contribution in [0.25, 0.3) is 0 Å². The molecule has 0 amide bonds. The molecule has 2 N–H and O–H groups in total. The zero-order valence-electron chi connectivity index (χ0n) is 8.77. The van der Waals surface area contributed by atoms with E-state index in [4.69, 9.17) is 5.73 Å². The first-order valence-electron chi connectivity index (χ1n) is 4.69. The van der Waals surface area contributed by atoms with E-state index in [1.54, 1.807) is 18.0 Å². The van der Waals surface area contributed by atoms with E-state index >= 15 is 0 Å². The quantitative estimate of drug-likeness (QED) is 0.789. The average molecular weight is 219 g/mol. The monoisotopic (exact) mass is 219 g/mol. The Morgan fingerprint density at radius 1 is 1.40 bits per heavy atom. The molecule has 0 radical (unpaired) electrons. The molecular weight excluding hydrogens is 206 g/mol. The van der Waals surface area contributed by atoms with E-state index in [0.717, 1.165) is 15.7 Å². The van der Waals surface area contributed by atoms with Gasteiger partial charge in [0.2, 0.25) is 0 Å². The lowest BCUT2D eigenvalue weighted by molar-refractivity contribution is 0.790. The van der Waals surface area contributed by atoms with Gasteiger partial charge in [-0.25, -0.2) is 4.98 Å². The summed E-state index contributed by atoms with van der Waals surface area (Å²) in [4.78, 5) is 5.35. The maximum absolute atomic E-state index is 5.93. The highest BCUT2D eigenvalue weighted by atomic mass is 32.2. The van der Waals surface area contributed by atoms with Crippen molar-refractivity contribution < 1.29 is 0 Å². The molecule has 1 heterocycles. The van der Waals surface area contributed by atoms with Crippen molar-refractivity contribution in [2.24, 2.45) is 7.05 Å². The Hall–Kier alpha value is -1.42. The van der Waals surface area contributed by atoms with Crippen LogP contribution in [0.15, 0.2) is 40.6 Å². The fourth-order valence-corrected chi connectivity index (χ4v) is 2.27. The number of hydrogen-bond acceptors (Lipinski definition) is 3.